The van der Waals surface area contributed by atoms with Gasteiger partial charge in [0.2, 0.25) is 17.7 Å². The minimum Gasteiger partial charge on any atom is -0.491 e. The molecule has 2 aliphatic heterocycles. The Morgan fingerprint density at radius 1 is 0.962 bits per heavy atom. The minimum atomic E-state index is -5.28. The molecular formula is C54H54F6N8O8S2. The van der Waals surface area contributed by atoms with E-state index in [4.69, 9.17) is 26.4 Å². The molecule has 2 saturated heterocycles. The number of benzene rings is 3. The first-order valence-corrected chi connectivity index (χ1v) is 25.7. The summed E-state index contributed by atoms with van der Waals surface area (Å²) in [4.78, 5) is 79.1. The lowest BCUT2D eigenvalue weighted by Crippen LogP contribution is -2.58. The number of esters is 1. The summed E-state index contributed by atoms with van der Waals surface area (Å²) in [6.45, 7) is 11.0. The topological polar surface area (TPSA) is 196 Å². The smallest absolute Gasteiger partial charge is 0.420 e. The van der Waals surface area contributed by atoms with E-state index in [-0.39, 0.29) is 55.4 Å². The minimum absolute atomic E-state index is 0.000518. The van der Waals surface area contributed by atoms with Gasteiger partial charge in [0.1, 0.15) is 41.6 Å². The molecular weight excluding hydrogens is 1070 g/mol. The number of unbranched alkanes of at least 4 members (excludes halogenated alkanes) is 1. The van der Waals surface area contributed by atoms with Crippen LogP contribution in [0.3, 0.4) is 0 Å². The third-order valence-corrected chi connectivity index (χ3v) is 14.3. The molecule has 2 aliphatic rings. The summed E-state index contributed by atoms with van der Waals surface area (Å²) in [6, 6.07) is 13.0. The van der Waals surface area contributed by atoms with Crippen LogP contribution in [0.2, 0.25) is 0 Å². The maximum Gasteiger partial charge on any atom is 0.420 e. The average molecular weight is 1120 g/mol. The number of nitrogens with one attached hydrogen (secondary N) is 2. The van der Waals surface area contributed by atoms with Crippen molar-refractivity contribution < 1.29 is 64.5 Å². The number of hydrogen-bond acceptors (Lipinski definition) is 13. The van der Waals surface area contributed by atoms with Gasteiger partial charge in [-0.25, -0.2) is 18.2 Å². The number of amides is 4. The molecule has 412 valence electrons. The van der Waals surface area contributed by atoms with E-state index < -0.39 is 111 Å². The number of alkyl halides is 3. The molecule has 7 rings (SSSR count). The van der Waals surface area contributed by atoms with E-state index in [1.54, 1.807) is 26.3 Å². The summed E-state index contributed by atoms with van der Waals surface area (Å²) in [5.41, 5.74) is -2.17. The van der Waals surface area contributed by atoms with Crippen molar-refractivity contribution in [1.29, 1.82) is 5.26 Å². The zero-order valence-corrected chi connectivity index (χ0v) is 45.0. The van der Waals surface area contributed by atoms with Crippen LogP contribution in [-0.4, -0.2) is 99.7 Å². The quantitative estimate of drug-likeness (QED) is 0.0366. The highest BCUT2D eigenvalue weighted by molar-refractivity contribution is 7.81. The molecule has 0 bridgehead atoms. The highest BCUT2D eigenvalue weighted by Gasteiger charge is 2.52. The maximum atomic E-state index is 15.8. The van der Waals surface area contributed by atoms with Gasteiger partial charge in [0.15, 0.2) is 28.3 Å². The van der Waals surface area contributed by atoms with Crippen molar-refractivity contribution in [2.75, 3.05) is 36.2 Å². The summed E-state index contributed by atoms with van der Waals surface area (Å²) < 4.78 is 105. The number of nitrogens with zero attached hydrogens (tertiary/aromatic N) is 6. The summed E-state index contributed by atoms with van der Waals surface area (Å²) in [7, 11) is 0. The van der Waals surface area contributed by atoms with Gasteiger partial charge in [0, 0.05) is 38.1 Å². The van der Waals surface area contributed by atoms with E-state index in [0.717, 1.165) is 51.0 Å². The number of hydrogen-bond donors (Lipinski definition) is 2. The second-order valence-electron chi connectivity index (χ2n) is 20.0. The van der Waals surface area contributed by atoms with Crippen LogP contribution >= 0.6 is 23.6 Å². The van der Waals surface area contributed by atoms with E-state index in [0.29, 0.717) is 23.8 Å². The number of anilines is 2. The largest absolute Gasteiger partial charge is 0.491 e. The van der Waals surface area contributed by atoms with Gasteiger partial charge in [0.25, 0.3) is 5.91 Å². The van der Waals surface area contributed by atoms with Gasteiger partial charge >= 0.3 is 12.1 Å². The number of nitriles is 1. The summed E-state index contributed by atoms with van der Waals surface area (Å²) in [5.74, 6) is -7.00. The lowest BCUT2D eigenvalue weighted by molar-refractivity contribution is -0.147. The second-order valence-corrected chi connectivity index (χ2v) is 21.3. The molecule has 0 radical (unpaired) electrons. The summed E-state index contributed by atoms with van der Waals surface area (Å²) in [5, 5.41) is 14.3. The number of likely N-dealkylation sites (tertiary alicyclic amines) is 1. The van der Waals surface area contributed by atoms with Gasteiger partial charge < -0.3 is 34.6 Å². The molecule has 0 unspecified atom stereocenters. The Labute approximate surface area is 454 Å². The molecule has 0 spiro atoms. The first-order valence-electron chi connectivity index (χ1n) is 24.4. The molecule has 16 nitrogen and oxygen atoms in total. The molecule has 4 heterocycles. The number of thiocarbonyl (C=S) groups is 1. The Hall–Kier alpha value is -7.49. The third-order valence-electron chi connectivity index (χ3n) is 12.9. The highest BCUT2D eigenvalue weighted by Crippen LogP contribution is 2.43. The number of pyridine rings is 1. The van der Waals surface area contributed by atoms with Crippen molar-refractivity contribution in [2.24, 2.45) is 5.41 Å². The number of thiazole rings is 1. The lowest BCUT2D eigenvalue weighted by Gasteiger charge is -2.35. The van der Waals surface area contributed by atoms with Gasteiger partial charge in [-0.05, 0) is 92.7 Å². The first-order chi connectivity index (χ1) is 36.7. The fourth-order valence-corrected chi connectivity index (χ4v) is 10.3. The van der Waals surface area contributed by atoms with Gasteiger partial charge in [-0.15, -0.1) is 11.3 Å². The standard InChI is InChI=1S/C54H54F6N8O8S2/c1-29-46(78-28-64-29)32-12-10-31(11-13-32)24-63-48(71)40-22-36(76-30(2)69)26-66(40)49(72)47(52(3,4)5)65-42(70)27-74-18-8-9-19-75-41-17-15-33(20-37(41)55)45-38(56)21-35(25-62-45)68-51(77)67(50(73)53(68,6)7)39-16-14-34(23-61)43(44(39)57)54(58,59)60/h10-17,20-21,25,28,36,40,47H,8-9,18-19,22,24,26-27H2,1-7H3,(H,63,71)(H,65,70)/t36-,40+,47-/m1/s1. The average Bonchev–Trinajstić information content (AvgIpc) is 4.26. The van der Waals surface area contributed by atoms with Gasteiger partial charge in [-0.2, -0.15) is 18.4 Å². The first kappa shape index (κ1) is 58.2. The van der Waals surface area contributed by atoms with Crippen molar-refractivity contribution in [3.05, 3.63) is 112 Å². The van der Waals surface area contributed by atoms with Crippen molar-refractivity contribution in [3.8, 4) is 33.5 Å². The van der Waals surface area contributed by atoms with Crippen LogP contribution in [0.5, 0.6) is 5.75 Å². The monoisotopic (exact) mass is 1120 g/mol. The Bertz CT molecular complexity index is 3180. The molecule has 0 aliphatic carbocycles. The zero-order chi connectivity index (χ0) is 57.0. The van der Waals surface area contributed by atoms with Crippen LogP contribution < -0.4 is 25.2 Å². The number of carbonyl (C=O) groups is 5. The number of rotatable bonds is 18. The summed E-state index contributed by atoms with van der Waals surface area (Å²) >= 11 is 6.96. The van der Waals surface area contributed by atoms with Crippen molar-refractivity contribution in [2.45, 2.75) is 104 Å². The van der Waals surface area contributed by atoms with E-state index >= 15 is 13.2 Å². The molecule has 78 heavy (non-hydrogen) atoms. The molecule has 24 heteroatoms. The van der Waals surface area contributed by atoms with Gasteiger partial charge in [-0.1, -0.05) is 45.0 Å². The Kier molecular flexibility index (Phi) is 17.6. The third kappa shape index (κ3) is 12.7. The Balaban J connectivity index is 0.891. The molecule has 3 aromatic carbocycles. The fraction of sp³-hybridized carbons (Fsp3) is 0.389. The maximum absolute atomic E-state index is 15.8. The summed E-state index contributed by atoms with van der Waals surface area (Å²) in [6.07, 6.45) is -4.12. The fourth-order valence-electron chi connectivity index (χ4n) is 9.02. The normalized spacial score (nSPS) is 16.7. The van der Waals surface area contributed by atoms with Gasteiger partial charge in [-0.3, -0.25) is 33.9 Å². The predicted molar refractivity (Wildman–Crippen MR) is 279 cm³/mol. The molecule has 2 fully saturated rings. The molecule has 5 aromatic rings. The van der Waals surface area contributed by atoms with Crippen LogP contribution in [-0.2, 0) is 46.2 Å². The van der Waals surface area contributed by atoms with E-state index in [9.17, 15) is 42.4 Å². The Morgan fingerprint density at radius 3 is 2.27 bits per heavy atom. The van der Waals surface area contributed by atoms with Gasteiger partial charge in [0.05, 0.1) is 58.4 Å². The number of aryl methyl sites for hydroxylation is 1. The van der Waals surface area contributed by atoms with Crippen LogP contribution in [0.15, 0.2) is 72.4 Å². The van der Waals surface area contributed by atoms with E-state index in [1.807, 2.05) is 31.2 Å². The molecule has 4 amide bonds. The van der Waals surface area contributed by atoms with Crippen LogP contribution in [0.25, 0.3) is 21.7 Å². The van der Waals surface area contributed by atoms with Crippen LogP contribution in [0.1, 0.15) is 83.2 Å². The molecule has 2 N–H and O–H groups in total. The molecule has 0 saturated carbocycles. The van der Waals surface area contributed by atoms with Crippen molar-refractivity contribution >= 4 is 69.6 Å². The second kappa shape index (κ2) is 23.6. The zero-order valence-electron chi connectivity index (χ0n) is 43.4. The van der Waals surface area contributed by atoms with E-state index in [2.05, 4.69) is 20.6 Å². The molecule has 2 aromatic heterocycles. The number of carbonyl (C=O) groups excluding carboxylic acids is 5. The molecule has 3 atom stereocenters. The SMILES string of the molecule is CC(=O)O[C@@H]1C[C@@H](C(=O)NCc2ccc(-c3scnc3C)cc2)N(C(=O)[C@@H](NC(=O)COCCCCOc2ccc(-c3ncc(N4C(=S)N(c5ccc(C#N)c(C(F)(F)F)c5F)C(=O)C4(C)C)cc3F)cc2F)C(C)(C)C)C1. The predicted octanol–water partition coefficient (Wildman–Crippen LogP) is 8.96. The lowest BCUT2D eigenvalue weighted by atomic mass is 9.85. The van der Waals surface area contributed by atoms with Crippen LogP contribution in [0, 0.1) is 41.1 Å². The number of ether oxygens (including phenoxy) is 3. The van der Waals surface area contributed by atoms with Crippen LogP contribution in [0.4, 0.5) is 37.7 Å². The van der Waals surface area contributed by atoms with E-state index in [1.165, 1.54) is 55.2 Å². The Morgan fingerprint density at radius 2 is 1.65 bits per heavy atom. The number of halogens is 6. The van der Waals surface area contributed by atoms with Crippen molar-refractivity contribution in [1.82, 2.24) is 25.5 Å². The highest BCUT2D eigenvalue weighted by atomic mass is 32.1. The number of aromatic nitrogens is 2. The van der Waals surface area contributed by atoms with Crippen molar-refractivity contribution in [3.63, 3.8) is 0 Å².